The summed E-state index contributed by atoms with van der Waals surface area (Å²) in [6.45, 7) is 10.6. The van der Waals surface area contributed by atoms with Crippen LogP contribution >= 0.6 is 11.3 Å². The fraction of sp³-hybridized carbons (Fsp3) is 0.342. The third kappa shape index (κ3) is 9.91. The van der Waals surface area contributed by atoms with Crippen LogP contribution < -0.4 is 26.3 Å². The number of carbonyl (C=O) groups excluding carboxylic acids is 4. The first-order chi connectivity index (χ1) is 24.6. The van der Waals surface area contributed by atoms with Crippen LogP contribution in [0, 0.1) is 0 Å². The zero-order valence-corrected chi connectivity index (χ0v) is 32.2. The van der Waals surface area contributed by atoms with Crippen molar-refractivity contribution in [2.75, 3.05) is 25.6 Å². The van der Waals surface area contributed by atoms with Crippen molar-refractivity contribution >= 4 is 59.6 Å². The molecule has 4 N–H and O–H groups in total. The van der Waals surface area contributed by atoms with Crippen molar-refractivity contribution in [2.24, 2.45) is 0 Å². The number of hydrogen-bond donors (Lipinski definition) is 4. The molecule has 0 spiro atoms. The van der Waals surface area contributed by atoms with Crippen LogP contribution in [0.25, 0.3) is 10.6 Å². The van der Waals surface area contributed by atoms with Crippen LogP contribution in [0.3, 0.4) is 0 Å². The summed E-state index contributed by atoms with van der Waals surface area (Å²) in [7, 11) is -2.01. The summed E-state index contributed by atoms with van der Waals surface area (Å²) in [6, 6.07) is 23.9. The maximum Gasteiger partial charge on any atom is 0.412 e. The molecule has 4 rings (SSSR count). The van der Waals surface area contributed by atoms with Gasteiger partial charge in [0.25, 0.3) is 14.2 Å². The first kappa shape index (κ1) is 39.9. The molecule has 3 amide bonds. The number of thiazole rings is 1. The lowest BCUT2D eigenvalue weighted by Crippen LogP contribution is -2.68. The number of aliphatic hydroxyl groups is 1. The molecule has 0 bridgehead atoms. The number of anilines is 1. The molecular weight excluding hydrogens is 701 g/mol. The molecule has 2 atom stereocenters. The van der Waals surface area contributed by atoms with Gasteiger partial charge in [0.15, 0.2) is 6.04 Å². The molecule has 14 heteroatoms. The predicted octanol–water partition coefficient (Wildman–Crippen LogP) is 4.48. The first-order valence-electron chi connectivity index (χ1n) is 16.7. The number of aromatic nitrogens is 1. The Bertz CT molecular complexity index is 1780. The van der Waals surface area contributed by atoms with Gasteiger partial charge in [0.05, 0.1) is 20.3 Å². The predicted molar refractivity (Wildman–Crippen MR) is 203 cm³/mol. The minimum absolute atomic E-state index is 0.0610. The van der Waals surface area contributed by atoms with Crippen LogP contribution in [0.4, 0.5) is 10.5 Å². The molecule has 0 fully saturated rings. The van der Waals surface area contributed by atoms with E-state index >= 15 is 0 Å². The molecule has 52 heavy (non-hydrogen) atoms. The molecule has 3 aromatic carbocycles. The van der Waals surface area contributed by atoms with E-state index in [1.54, 1.807) is 50.4 Å². The maximum atomic E-state index is 13.8. The molecule has 276 valence electrons. The highest BCUT2D eigenvalue weighted by molar-refractivity contribution is 7.13. The van der Waals surface area contributed by atoms with E-state index < -0.39 is 61.5 Å². The second-order valence-electron chi connectivity index (χ2n) is 14.0. The normalized spacial score (nSPS) is 13.0. The summed E-state index contributed by atoms with van der Waals surface area (Å²) in [5.74, 6) is -2.24. The van der Waals surface area contributed by atoms with Crippen LogP contribution in [0.5, 0.6) is 0 Å². The average molecular weight is 747 g/mol. The van der Waals surface area contributed by atoms with Gasteiger partial charge in [-0.15, -0.1) is 11.3 Å². The Morgan fingerprint density at radius 3 is 1.90 bits per heavy atom. The molecule has 0 saturated heterocycles. The van der Waals surface area contributed by atoms with E-state index in [4.69, 9.17) is 13.9 Å². The van der Waals surface area contributed by atoms with Crippen LogP contribution in [0.2, 0.25) is 5.04 Å². The average Bonchev–Trinajstić information content (AvgIpc) is 3.60. The lowest BCUT2D eigenvalue weighted by Gasteiger charge is -2.43. The Hall–Kier alpha value is -4.89. The number of hydrogen-bond acceptors (Lipinski definition) is 10. The van der Waals surface area contributed by atoms with Gasteiger partial charge in [-0.3, -0.25) is 14.9 Å². The molecule has 12 nitrogen and oxygen atoms in total. The number of carbonyl (C=O) groups is 4. The Kier molecular flexibility index (Phi) is 13.1. The monoisotopic (exact) mass is 746 g/mol. The number of esters is 1. The van der Waals surface area contributed by atoms with Crippen molar-refractivity contribution in [1.29, 1.82) is 0 Å². The van der Waals surface area contributed by atoms with E-state index in [1.807, 2.05) is 60.7 Å². The summed E-state index contributed by atoms with van der Waals surface area (Å²) in [4.78, 5) is 56.4. The minimum atomic E-state index is -3.15. The molecule has 4 aromatic rings. The van der Waals surface area contributed by atoms with Gasteiger partial charge < -0.3 is 29.6 Å². The van der Waals surface area contributed by atoms with E-state index in [0.717, 1.165) is 17.5 Å². The van der Waals surface area contributed by atoms with Crippen LogP contribution in [-0.4, -0.2) is 80.3 Å². The van der Waals surface area contributed by atoms with E-state index in [1.165, 1.54) is 11.3 Å². The van der Waals surface area contributed by atoms with Crippen molar-refractivity contribution in [1.82, 2.24) is 15.6 Å². The van der Waals surface area contributed by atoms with Crippen molar-refractivity contribution in [3.8, 4) is 10.6 Å². The number of nitrogens with zero attached hydrogens (tertiary/aromatic N) is 1. The van der Waals surface area contributed by atoms with Crippen molar-refractivity contribution < 1.29 is 38.2 Å². The van der Waals surface area contributed by atoms with Crippen LogP contribution in [-0.2, 0) is 23.5 Å². The largest absolute Gasteiger partial charge is 0.467 e. The fourth-order valence-corrected chi connectivity index (χ4v) is 11.0. The zero-order valence-electron chi connectivity index (χ0n) is 30.4. The lowest BCUT2D eigenvalue weighted by molar-refractivity contribution is -0.146. The highest BCUT2D eigenvalue weighted by Gasteiger charge is 2.50. The smallest absolute Gasteiger partial charge is 0.412 e. The summed E-state index contributed by atoms with van der Waals surface area (Å²) >= 11 is 1.23. The third-order valence-corrected chi connectivity index (χ3v) is 13.9. The molecule has 0 aliphatic rings. The SMILES string of the molecule is COC(=O)C(CO)NC(=O)C(CO[Si](c1ccccc1)(c1ccccc1)C(C)(C)C)NC(=O)c1csc(-c2ccc(NC(=O)OC(C)(C)C)cc2)n1. The highest BCUT2D eigenvalue weighted by Crippen LogP contribution is 2.37. The number of methoxy groups -OCH3 is 1. The molecule has 0 saturated carbocycles. The van der Waals surface area contributed by atoms with Gasteiger partial charge in [-0.1, -0.05) is 81.4 Å². The molecule has 2 unspecified atom stereocenters. The highest BCUT2D eigenvalue weighted by atomic mass is 32.1. The molecule has 1 aromatic heterocycles. The van der Waals surface area contributed by atoms with Gasteiger partial charge in [0, 0.05) is 16.6 Å². The van der Waals surface area contributed by atoms with Gasteiger partial charge in [0.1, 0.15) is 22.3 Å². The topological polar surface area (TPSA) is 165 Å². The van der Waals surface area contributed by atoms with E-state index in [9.17, 15) is 24.3 Å². The Labute approximate surface area is 309 Å². The van der Waals surface area contributed by atoms with Gasteiger partial charge >= 0.3 is 12.1 Å². The van der Waals surface area contributed by atoms with Gasteiger partial charge in [0.2, 0.25) is 5.91 Å². The lowest BCUT2D eigenvalue weighted by atomic mass is 10.2. The number of amides is 3. The second kappa shape index (κ2) is 17.1. The molecule has 0 aliphatic carbocycles. The Morgan fingerprint density at radius 1 is 0.827 bits per heavy atom. The Balaban J connectivity index is 1.62. The summed E-state index contributed by atoms with van der Waals surface area (Å²) in [5.41, 5.74) is 0.644. The summed E-state index contributed by atoms with van der Waals surface area (Å²) in [5, 5.41) is 21.4. The van der Waals surface area contributed by atoms with Crippen LogP contribution in [0.1, 0.15) is 52.0 Å². The number of benzene rings is 3. The fourth-order valence-electron chi connectivity index (χ4n) is 5.61. The molecule has 1 heterocycles. The molecular formula is C38H46N4O8SSi. The van der Waals surface area contributed by atoms with Gasteiger partial charge in [-0.2, -0.15) is 0 Å². The second-order valence-corrected chi connectivity index (χ2v) is 19.2. The Morgan fingerprint density at radius 2 is 1.40 bits per heavy atom. The summed E-state index contributed by atoms with van der Waals surface area (Å²) < 4.78 is 17.0. The van der Waals surface area contributed by atoms with E-state index in [0.29, 0.717) is 16.3 Å². The van der Waals surface area contributed by atoms with Gasteiger partial charge in [-0.25, -0.2) is 14.6 Å². The van der Waals surface area contributed by atoms with Gasteiger partial charge in [-0.05, 0) is 60.4 Å². The summed E-state index contributed by atoms with van der Waals surface area (Å²) in [6.07, 6.45) is -0.581. The number of aliphatic hydroxyl groups excluding tert-OH is 1. The zero-order chi connectivity index (χ0) is 38.1. The first-order valence-corrected chi connectivity index (χ1v) is 19.5. The van der Waals surface area contributed by atoms with Crippen molar-refractivity contribution in [2.45, 2.75) is 64.3 Å². The standard InChI is InChI=1S/C38H46N4O8SSi/c1-37(2,3)50-36(47)39-26-20-18-25(19-21-26)34-42-31(24-51-34)33(45)41-30(32(44)40-29(22-43)35(46)48-7)23-49-52(38(4,5)6,27-14-10-8-11-15-27)28-16-12-9-13-17-28/h8-21,24,29-30,43H,22-23H2,1-7H3,(H,39,47)(H,40,44)(H,41,45). The minimum Gasteiger partial charge on any atom is -0.467 e. The quantitative estimate of drug-likeness (QED) is 0.114. The molecule has 0 radical (unpaired) electrons. The van der Waals surface area contributed by atoms with Crippen molar-refractivity contribution in [3.63, 3.8) is 0 Å². The number of ether oxygens (including phenoxy) is 2. The number of rotatable bonds is 13. The molecule has 0 aliphatic heterocycles. The van der Waals surface area contributed by atoms with Crippen LogP contribution in [0.15, 0.2) is 90.3 Å². The number of nitrogens with one attached hydrogen (secondary N) is 3. The van der Waals surface area contributed by atoms with E-state index in [2.05, 4.69) is 41.7 Å². The third-order valence-electron chi connectivity index (χ3n) is 8.00. The maximum absolute atomic E-state index is 13.8. The van der Waals surface area contributed by atoms with Crippen molar-refractivity contribution in [3.05, 3.63) is 96.0 Å². The van der Waals surface area contributed by atoms with E-state index in [-0.39, 0.29) is 12.3 Å².